The van der Waals surface area contributed by atoms with E-state index in [1.165, 1.54) is 0 Å². The molecule has 0 rings (SSSR count). The summed E-state index contributed by atoms with van der Waals surface area (Å²) in [6, 6.07) is 0. The smallest absolute Gasteiger partial charge is 0.462 e. The zero-order valence-corrected chi connectivity index (χ0v) is 71.0. The molecule has 0 radical (unpaired) electrons. The van der Waals surface area contributed by atoms with E-state index in [1.54, 1.807) is 0 Å². The van der Waals surface area contributed by atoms with Crippen molar-refractivity contribution < 1.29 is 80.2 Å². The first kappa shape index (κ1) is 106. The van der Waals surface area contributed by atoms with Gasteiger partial charge in [-0.1, -0.05) is 305 Å². The first-order valence-electron chi connectivity index (χ1n) is 42.3. The summed E-state index contributed by atoms with van der Waals surface area (Å²) >= 11 is 0. The molecule has 3 N–H and O–H groups in total. The van der Waals surface area contributed by atoms with Crippen molar-refractivity contribution in [3.63, 3.8) is 0 Å². The van der Waals surface area contributed by atoms with Crippen molar-refractivity contribution in [3.8, 4) is 0 Å². The number of esters is 4. The van der Waals surface area contributed by atoms with Gasteiger partial charge in [-0.05, 0) is 173 Å². The molecule has 0 aliphatic heterocycles. The van der Waals surface area contributed by atoms with Crippen LogP contribution in [0.1, 0.15) is 297 Å². The van der Waals surface area contributed by atoms with Crippen LogP contribution in [0, 0.1) is 0 Å². The van der Waals surface area contributed by atoms with Crippen molar-refractivity contribution in [2.75, 3.05) is 39.6 Å². The number of phosphoric ester groups is 2. The molecule has 0 saturated heterocycles. The van der Waals surface area contributed by atoms with Gasteiger partial charge in [0.15, 0.2) is 12.2 Å². The number of aliphatic hydroxyl groups is 1. The highest BCUT2D eigenvalue weighted by molar-refractivity contribution is 7.47. The molecule has 0 aromatic rings. The van der Waals surface area contributed by atoms with Crippen LogP contribution in [0.15, 0.2) is 207 Å². The average Bonchev–Trinajstić information content (AvgIpc) is 0.898. The second kappa shape index (κ2) is 82.6. The van der Waals surface area contributed by atoms with E-state index in [9.17, 15) is 43.2 Å². The Morgan fingerprint density at radius 1 is 0.250 bits per heavy atom. The number of aliphatic hydroxyl groups excluding tert-OH is 1. The minimum atomic E-state index is -5.02. The molecule has 112 heavy (non-hydrogen) atoms. The molecule has 19 heteroatoms. The highest BCUT2D eigenvalue weighted by Gasteiger charge is 2.30. The summed E-state index contributed by atoms with van der Waals surface area (Å²) in [4.78, 5) is 73.3. The fourth-order valence-corrected chi connectivity index (χ4v) is 12.1. The van der Waals surface area contributed by atoms with Crippen LogP contribution >= 0.6 is 15.6 Å². The van der Waals surface area contributed by atoms with E-state index < -0.39 is 97.5 Å². The summed E-state index contributed by atoms with van der Waals surface area (Å²) in [6.45, 7) is 4.28. The monoisotopic (exact) mass is 1600 g/mol. The third-order valence-corrected chi connectivity index (χ3v) is 18.6. The SMILES string of the molecule is CC/C=C\C/C=C\C/C=C\C/C=C\C/C=C\C/C=C\CCC(=O)OCC(COP(=O)(O)OCC(O)COP(=O)(O)OCC(COC(=O)CCCCCCCC/C=C\C/C=C\C/C=C\C/C=C\CC)OC(=O)CCCCCCCC/C=C\C/C=C\C/C=C\C/C=C\CC)OC(=O)CCCCCCC/C=C\C/C=C\C/C=C\CC. The molecular formula is C93H148O17P2. The molecule has 5 atom stereocenters. The lowest BCUT2D eigenvalue weighted by atomic mass is 10.1. The third kappa shape index (κ3) is 81.6. The highest BCUT2D eigenvalue weighted by atomic mass is 31.2. The number of hydrogen-bond donors (Lipinski definition) is 3. The summed E-state index contributed by atoms with van der Waals surface area (Å²) < 4.78 is 68.7. The lowest BCUT2D eigenvalue weighted by Crippen LogP contribution is -2.30. The van der Waals surface area contributed by atoms with Crippen molar-refractivity contribution in [2.24, 2.45) is 0 Å². The van der Waals surface area contributed by atoms with Gasteiger partial charge in [-0.15, -0.1) is 0 Å². The van der Waals surface area contributed by atoms with Crippen molar-refractivity contribution in [1.29, 1.82) is 0 Å². The van der Waals surface area contributed by atoms with Gasteiger partial charge in [-0.2, -0.15) is 0 Å². The topological polar surface area (TPSA) is 237 Å². The molecule has 0 aliphatic rings. The van der Waals surface area contributed by atoms with Crippen molar-refractivity contribution in [3.05, 3.63) is 207 Å². The van der Waals surface area contributed by atoms with Gasteiger partial charge in [-0.3, -0.25) is 37.3 Å². The summed E-state index contributed by atoms with van der Waals surface area (Å²) in [5, 5.41) is 10.7. The Morgan fingerprint density at radius 2 is 0.455 bits per heavy atom. The third-order valence-electron chi connectivity index (χ3n) is 16.7. The largest absolute Gasteiger partial charge is 0.472 e. The first-order chi connectivity index (χ1) is 54.7. The minimum absolute atomic E-state index is 0.0241. The number of carbonyl (C=O) groups excluding carboxylic acids is 4. The molecule has 0 fully saturated rings. The quantitative estimate of drug-likeness (QED) is 0.0169. The highest BCUT2D eigenvalue weighted by Crippen LogP contribution is 2.45. The second-order valence-corrected chi connectivity index (χ2v) is 30.1. The normalized spacial score (nSPS) is 14.8. The average molecular weight is 1600 g/mol. The minimum Gasteiger partial charge on any atom is -0.462 e. The van der Waals surface area contributed by atoms with Crippen LogP contribution in [-0.2, 0) is 65.4 Å². The Balaban J connectivity index is 5.50. The lowest BCUT2D eigenvalue weighted by molar-refractivity contribution is -0.161. The molecule has 17 nitrogen and oxygen atoms in total. The van der Waals surface area contributed by atoms with Crippen LogP contribution < -0.4 is 0 Å². The molecule has 0 saturated carbocycles. The number of allylic oxidation sites excluding steroid dienone is 34. The van der Waals surface area contributed by atoms with Gasteiger partial charge in [0.1, 0.15) is 19.3 Å². The van der Waals surface area contributed by atoms with E-state index in [1.807, 2.05) is 18.2 Å². The van der Waals surface area contributed by atoms with Gasteiger partial charge in [0.05, 0.1) is 26.4 Å². The summed E-state index contributed by atoms with van der Waals surface area (Å²) in [7, 11) is -10.0. The van der Waals surface area contributed by atoms with Gasteiger partial charge in [-0.25, -0.2) is 9.13 Å². The standard InChI is InChI=1S/C93H148O17P2/c1-5-9-13-17-21-25-29-33-37-40-43-46-50-53-57-61-65-69-73-77-90(95)103-83-88(109-92(97)79-75-71-67-63-59-55-49-36-32-28-24-20-16-12-8-4)85-107-111(99,100)105-81-87(94)82-106-112(101,102)108-86-89(110-93(98)80-76-72-68-64-60-56-52-48-45-42-39-35-31-27-23-19-15-11-7-3)84-104-91(96)78-74-70-66-62-58-54-51-47-44-41-38-34-30-26-22-18-14-10-6-2/h9-16,21-28,33-39,43-49,53,57,65,69,87-89,94H,5-8,17-20,29-32,40-42,50-52,54-56,58-64,66-68,70-86H2,1-4H3,(H,99,100)(H,101,102)/b13-9-,14-10-,15-11-,16-12-,25-21-,26-22-,27-23-,28-24-,37-33-,38-34-,39-35-,46-43-,47-44-,48-45-,49-36-,57-53-,69-65-. The molecule has 5 unspecified atom stereocenters. The molecule has 0 amide bonds. The molecule has 0 spiro atoms. The van der Waals surface area contributed by atoms with Crippen LogP contribution in [0.3, 0.4) is 0 Å². The van der Waals surface area contributed by atoms with Gasteiger partial charge < -0.3 is 33.8 Å². The number of unbranched alkanes of at least 4 members (excludes halogenated alkanes) is 17. The summed E-state index contributed by atoms with van der Waals surface area (Å²) in [6.07, 6.45) is 104. The van der Waals surface area contributed by atoms with Gasteiger partial charge in [0.2, 0.25) is 0 Å². The summed E-state index contributed by atoms with van der Waals surface area (Å²) in [5.74, 6) is -2.34. The van der Waals surface area contributed by atoms with Crippen LogP contribution in [0.25, 0.3) is 0 Å². The number of carbonyl (C=O) groups is 4. The maximum Gasteiger partial charge on any atom is 0.472 e. The van der Waals surface area contributed by atoms with Gasteiger partial charge in [0, 0.05) is 25.7 Å². The predicted octanol–water partition coefficient (Wildman–Crippen LogP) is 25.4. The Morgan fingerprint density at radius 3 is 0.723 bits per heavy atom. The van der Waals surface area contributed by atoms with E-state index >= 15 is 0 Å². The number of ether oxygens (including phenoxy) is 4. The lowest BCUT2D eigenvalue weighted by Gasteiger charge is -2.21. The van der Waals surface area contributed by atoms with Crippen molar-refractivity contribution in [1.82, 2.24) is 0 Å². The van der Waals surface area contributed by atoms with E-state index in [2.05, 4.69) is 216 Å². The van der Waals surface area contributed by atoms with E-state index in [4.69, 9.17) is 37.0 Å². The number of hydrogen-bond acceptors (Lipinski definition) is 15. The van der Waals surface area contributed by atoms with Gasteiger partial charge in [0.25, 0.3) is 0 Å². The predicted molar refractivity (Wildman–Crippen MR) is 463 cm³/mol. The van der Waals surface area contributed by atoms with Crippen LogP contribution in [0.2, 0.25) is 0 Å². The van der Waals surface area contributed by atoms with E-state index in [0.717, 1.165) is 212 Å². The number of phosphoric acid groups is 2. The zero-order valence-electron chi connectivity index (χ0n) is 69.3. The fourth-order valence-electron chi connectivity index (χ4n) is 10.5. The second-order valence-electron chi connectivity index (χ2n) is 27.2. The van der Waals surface area contributed by atoms with Crippen LogP contribution in [0.5, 0.6) is 0 Å². The molecule has 0 bridgehead atoms. The summed E-state index contributed by atoms with van der Waals surface area (Å²) in [5.41, 5.74) is 0. The molecule has 0 heterocycles. The molecule has 0 aromatic heterocycles. The van der Waals surface area contributed by atoms with Gasteiger partial charge >= 0.3 is 39.5 Å². The number of rotatable bonds is 77. The molecule has 0 aromatic carbocycles. The Labute approximate surface area is 678 Å². The van der Waals surface area contributed by atoms with E-state index in [0.29, 0.717) is 32.1 Å². The van der Waals surface area contributed by atoms with Crippen LogP contribution in [0.4, 0.5) is 0 Å². The fraction of sp³-hybridized carbons (Fsp3) is 0.591. The zero-order chi connectivity index (χ0) is 81.7. The maximum absolute atomic E-state index is 13.2. The van der Waals surface area contributed by atoms with E-state index in [-0.39, 0.29) is 25.7 Å². The maximum atomic E-state index is 13.2. The Bertz CT molecular complexity index is 2940. The van der Waals surface area contributed by atoms with Crippen molar-refractivity contribution in [2.45, 2.75) is 316 Å². The Kier molecular flexibility index (Phi) is 77.9. The molecule has 632 valence electrons. The Hall–Kier alpha value is -6.36. The molecule has 0 aliphatic carbocycles. The first-order valence-corrected chi connectivity index (χ1v) is 45.3. The molecular weight excluding hydrogens is 1450 g/mol. The van der Waals surface area contributed by atoms with Crippen molar-refractivity contribution >= 4 is 39.5 Å². The van der Waals surface area contributed by atoms with Crippen LogP contribution in [-0.4, -0.2) is 96.7 Å².